The number of hydrogen-bond acceptors (Lipinski definition) is 4. The molecule has 3 N–H and O–H groups in total. The summed E-state index contributed by atoms with van der Waals surface area (Å²) < 4.78 is 32.8. The summed E-state index contributed by atoms with van der Waals surface area (Å²) in [6.45, 7) is -0.169. The molecule has 32 heavy (non-hydrogen) atoms. The van der Waals surface area contributed by atoms with Crippen molar-refractivity contribution in [2.45, 2.75) is 118 Å². The molecule has 9 heteroatoms. The Bertz CT molecular complexity index is 695. The molecule has 0 aromatic carbocycles. The second-order valence-corrected chi connectivity index (χ2v) is 11.0. The summed E-state index contributed by atoms with van der Waals surface area (Å²) in [6, 6.07) is 0. The minimum absolute atomic E-state index is 0.0335. The molecule has 5 aliphatic rings. The van der Waals surface area contributed by atoms with E-state index in [1.54, 1.807) is 0 Å². The summed E-state index contributed by atoms with van der Waals surface area (Å²) in [4.78, 5) is 25.3. The highest BCUT2D eigenvalue weighted by Crippen LogP contribution is 2.47. The van der Waals surface area contributed by atoms with Crippen molar-refractivity contribution >= 4 is 23.4 Å². The lowest BCUT2D eigenvalue weighted by Gasteiger charge is -2.56. The van der Waals surface area contributed by atoms with Crippen LogP contribution < -0.4 is 10.6 Å². The first-order valence-electron chi connectivity index (χ1n) is 12.1. The summed E-state index contributed by atoms with van der Waals surface area (Å²) in [5, 5.41) is 16.6. The zero-order chi connectivity index (χ0) is 22.9. The highest BCUT2D eigenvalue weighted by atomic mass is 35.5. The number of carbonyl (C=O) groups excluding carboxylic acids is 2. The van der Waals surface area contributed by atoms with Crippen molar-refractivity contribution in [1.82, 2.24) is 10.6 Å². The van der Waals surface area contributed by atoms with Gasteiger partial charge in [-0.05, 0) is 70.6 Å². The van der Waals surface area contributed by atoms with Gasteiger partial charge in [0.05, 0.1) is 23.1 Å². The third kappa shape index (κ3) is 5.22. The van der Waals surface area contributed by atoms with Crippen molar-refractivity contribution in [3.63, 3.8) is 0 Å². The predicted molar refractivity (Wildman–Crippen MR) is 116 cm³/mol. The van der Waals surface area contributed by atoms with Gasteiger partial charge in [0.1, 0.15) is 19.0 Å². The predicted octanol–water partition coefficient (Wildman–Crippen LogP) is 3.08. The molecule has 0 radical (unpaired) electrons. The van der Waals surface area contributed by atoms with Gasteiger partial charge in [0.2, 0.25) is 11.8 Å². The maximum Gasteiger partial charge on any atom is 0.246 e. The van der Waals surface area contributed by atoms with Gasteiger partial charge in [0.15, 0.2) is 0 Å². The van der Waals surface area contributed by atoms with E-state index in [0.717, 1.165) is 0 Å². The Morgan fingerprint density at radius 3 is 2.31 bits per heavy atom. The molecule has 2 amide bonds. The van der Waals surface area contributed by atoms with Gasteiger partial charge in [-0.1, -0.05) is 0 Å². The summed E-state index contributed by atoms with van der Waals surface area (Å²) in [5.74, 6) is -0.501. The molecule has 4 unspecified atom stereocenters. The first-order valence-corrected chi connectivity index (χ1v) is 12.5. The number of aliphatic hydroxyl groups is 1. The van der Waals surface area contributed by atoms with Gasteiger partial charge >= 0.3 is 0 Å². The topological polar surface area (TPSA) is 87.7 Å². The lowest BCUT2D eigenvalue weighted by atomic mass is 9.59. The molecule has 5 rings (SSSR count). The number of aliphatic hydroxyl groups excluding tert-OH is 1. The molecule has 4 atom stereocenters. The third-order valence-corrected chi connectivity index (χ3v) is 8.71. The van der Waals surface area contributed by atoms with E-state index in [-0.39, 0.29) is 36.9 Å². The van der Waals surface area contributed by atoms with E-state index in [0.29, 0.717) is 70.6 Å². The Morgan fingerprint density at radius 2 is 1.69 bits per heavy atom. The number of alkyl halides is 3. The first-order chi connectivity index (χ1) is 15.2. The number of carbonyl (C=O) groups is 2. The number of nitrogens with one attached hydrogen (secondary N) is 2. The fraction of sp³-hybridized carbons (Fsp3) is 0.913. The monoisotopic (exact) mass is 476 g/mol. The Balaban J connectivity index is 1.26. The second-order valence-electron chi connectivity index (χ2n) is 10.4. The van der Waals surface area contributed by atoms with E-state index in [4.69, 9.17) is 16.3 Å². The molecular formula is C23H35ClF2N2O4. The molecule has 5 aliphatic carbocycles. The maximum absolute atomic E-state index is 13.8. The van der Waals surface area contributed by atoms with Crippen LogP contribution in [-0.2, 0) is 14.3 Å². The molecule has 0 heterocycles. The zero-order valence-electron chi connectivity index (χ0n) is 18.5. The van der Waals surface area contributed by atoms with Crippen LogP contribution in [0.15, 0.2) is 0 Å². The van der Waals surface area contributed by atoms with Crippen molar-refractivity contribution in [2.75, 3.05) is 6.61 Å². The fourth-order valence-corrected chi connectivity index (χ4v) is 6.27. The summed E-state index contributed by atoms with van der Waals surface area (Å²) in [5.41, 5.74) is -1.17. The molecule has 0 aliphatic heterocycles. The minimum Gasteiger partial charge on any atom is -0.391 e. The number of ether oxygens (including phenoxy) is 1. The van der Waals surface area contributed by atoms with Crippen LogP contribution in [0.3, 0.4) is 0 Å². The molecule has 0 aromatic rings. The highest BCUT2D eigenvalue weighted by Gasteiger charge is 2.55. The van der Waals surface area contributed by atoms with Crippen molar-refractivity contribution in [3.8, 4) is 0 Å². The number of hydrogen-bond donors (Lipinski definition) is 3. The van der Waals surface area contributed by atoms with Gasteiger partial charge in [0, 0.05) is 17.9 Å². The molecule has 6 nitrogen and oxygen atoms in total. The van der Waals surface area contributed by atoms with Crippen molar-refractivity contribution in [3.05, 3.63) is 0 Å². The normalized spacial score (nSPS) is 44.1. The van der Waals surface area contributed by atoms with Crippen LogP contribution in [0, 0.1) is 5.92 Å². The van der Waals surface area contributed by atoms with Gasteiger partial charge in [-0.2, -0.15) is 0 Å². The number of amides is 2. The average Bonchev–Trinajstić information content (AvgIpc) is 2.76. The molecule has 2 bridgehead atoms. The van der Waals surface area contributed by atoms with Crippen LogP contribution in [0.25, 0.3) is 0 Å². The van der Waals surface area contributed by atoms with Gasteiger partial charge in [-0.15, -0.1) is 11.6 Å². The maximum atomic E-state index is 13.8. The lowest BCUT2D eigenvalue weighted by Crippen LogP contribution is -2.70. The van der Waals surface area contributed by atoms with Gasteiger partial charge < -0.3 is 20.5 Å². The summed E-state index contributed by atoms with van der Waals surface area (Å²) in [7, 11) is 0. The molecule has 5 saturated carbocycles. The first kappa shape index (κ1) is 24.1. The van der Waals surface area contributed by atoms with Crippen molar-refractivity contribution < 1.29 is 28.2 Å². The Labute approximate surface area is 193 Å². The van der Waals surface area contributed by atoms with Gasteiger partial charge in [-0.25, -0.2) is 8.78 Å². The summed E-state index contributed by atoms with van der Waals surface area (Å²) >= 11 is 5.90. The SMILES string of the molecule is O=C(COC1CCC(Cl)C(F)C1)NC12CCC(NC(=O)C3CCC(F)CC3)(CC1)CC2O. The molecule has 0 aromatic heterocycles. The van der Waals surface area contributed by atoms with E-state index in [9.17, 15) is 23.5 Å². The van der Waals surface area contributed by atoms with E-state index in [1.807, 2.05) is 0 Å². The van der Waals surface area contributed by atoms with Gasteiger partial charge in [0.25, 0.3) is 0 Å². The quantitative estimate of drug-likeness (QED) is 0.514. The largest absolute Gasteiger partial charge is 0.391 e. The third-order valence-electron chi connectivity index (χ3n) is 8.22. The van der Waals surface area contributed by atoms with E-state index in [1.165, 1.54) is 0 Å². The van der Waals surface area contributed by atoms with E-state index in [2.05, 4.69) is 10.6 Å². The van der Waals surface area contributed by atoms with Crippen molar-refractivity contribution in [2.24, 2.45) is 5.92 Å². The molecule has 0 spiro atoms. The van der Waals surface area contributed by atoms with Crippen LogP contribution in [-0.4, -0.2) is 64.5 Å². The van der Waals surface area contributed by atoms with Gasteiger partial charge in [-0.3, -0.25) is 9.59 Å². The number of halogens is 3. The van der Waals surface area contributed by atoms with E-state index >= 15 is 0 Å². The Kier molecular flexibility index (Phi) is 7.32. The Hall–Kier alpha value is -0.990. The smallest absolute Gasteiger partial charge is 0.246 e. The minimum atomic E-state index is -1.12. The van der Waals surface area contributed by atoms with Crippen molar-refractivity contribution in [1.29, 1.82) is 0 Å². The molecular weight excluding hydrogens is 442 g/mol. The lowest BCUT2D eigenvalue weighted by molar-refractivity contribution is -0.141. The number of fused-ring (bicyclic) bond motifs is 3. The van der Waals surface area contributed by atoms with Crippen LogP contribution in [0.2, 0.25) is 0 Å². The van der Waals surface area contributed by atoms with Crippen LogP contribution in [0.4, 0.5) is 8.78 Å². The number of rotatable bonds is 6. The molecule has 0 saturated heterocycles. The standard InChI is InChI=1S/C23H35ClF2N2O4/c24-17-6-5-16(11-18(17)26)32-13-20(30)27-23-9-7-22(8-10-23,12-19(23)29)28-21(31)14-1-3-15(25)4-2-14/h14-19,29H,1-13H2,(H,27,30)(H,28,31). The molecule has 5 fully saturated rings. The van der Waals surface area contributed by atoms with Crippen LogP contribution in [0.1, 0.15) is 77.0 Å². The average molecular weight is 477 g/mol. The van der Waals surface area contributed by atoms with Crippen LogP contribution >= 0.6 is 11.6 Å². The summed E-state index contributed by atoms with van der Waals surface area (Å²) in [6.07, 6.45) is 3.25. The molecule has 182 valence electrons. The Morgan fingerprint density at radius 1 is 1.00 bits per heavy atom. The van der Waals surface area contributed by atoms with Crippen LogP contribution in [0.5, 0.6) is 0 Å². The van der Waals surface area contributed by atoms with E-state index < -0.39 is 34.9 Å². The fourth-order valence-electron chi connectivity index (χ4n) is 6.04. The zero-order valence-corrected chi connectivity index (χ0v) is 19.2. The second kappa shape index (κ2) is 9.71. The highest BCUT2D eigenvalue weighted by molar-refractivity contribution is 6.21.